The van der Waals surface area contributed by atoms with Crippen molar-refractivity contribution in [1.29, 1.82) is 0 Å². The molecule has 4 N–H and O–H groups in total. The minimum atomic E-state index is 0.759. The van der Waals surface area contributed by atoms with Gasteiger partial charge in [-0.2, -0.15) is 0 Å². The number of benzene rings is 1. The Morgan fingerprint density at radius 1 is 0.581 bits per heavy atom. The van der Waals surface area contributed by atoms with Gasteiger partial charge in [-0.15, -0.1) is 0 Å². The SMILES string of the molecule is CCCCCCCCN(CCCCCCCC)c1ccc(N)cc1.Nc1ccncc1. The summed E-state index contributed by atoms with van der Waals surface area (Å²) in [6.07, 6.45) is 19.7. The normalized spacial score (nSPS) is 10.4. The maximum Gasteiger partial charge on any atom is 0.0367 e. The smallest absolute Gasteiger partial charge is 0.0367 e. The third-order valence-electron chi connectivity index (χ3n) is 5.53. The van der Waals surface area contributed by atoms with E-state index in [0.717, 1.165) is 11.4 Å². The van der Waals surface area contributed by atoms with Crippen molar-refractivity contribution in [3.63, 3.8) is 0 Å². The average Bonchev–Trinajstić information content (AvgIpc) is 2.78. The number of nitrogens with zero attached hydrogens (tertiary/aromatic N) is 2. The molecule has 0 spiro atoms. The highest BCUT2D eigenvalue weighted by molar-refractivity contribution is 5.53. The molecule has 0 bridgehead atoms. The molecule has 174 valence electrons. The Balaban J connectivity index is 0.000000577. The summed E-state index contributed by atoms with van der Waals surface area (Å²) >= 11 is 0. The molecule has 0 saturated carbocycles. The van der Waals surface area contributed by atoms with Crippen LogP contribution in [-0.2, 0) is 0 Å². The Kier molecular flexibility index (Phi) is 16.0. The van der Waals surface area contributed by atoms with E-state index < -0.39 is 0 Å². The molecule has 31 heavy (non-hydrogen) atoms. The maximum absolute atomic E-state index is 5.84. The summed E-state index contributed by atoms with van der Waals surface area (Å²) in [5, 5.41) is 0. The predicted molar refractivity (Wildman–Crippen MR) is 138 cm³/mol. The van der Waals surface area contributed by atoms with Crippen LogP contribution in [0.4, 0.5) is 17.1 Å². The van der Waals surface area contributed by atoms with Gasteiger partial charge in [0.15, 0.2) is 0 Å². The van der Waals surface area contributed by atoms with Crippen LogP contribution in [0, 0.1) is 0 Å². The summed E-state index contributed by atoms with van der Waals surface area (Å²) in [6.45, 7) is 6.93. The lowest BCUT2D eigenvalue weighted by molar-refractivity contribution is 0.575. The molecule has 0 fully saturated rings. The van der Waals surface area contributed by atoms with E-state index in [1.54, 1.807) is 24.5 Å². The van der Waals surface area contributed by atoms with Gasteiger partial charge in [-0.05, 0) is 49.2 Å². The van der Waals surface area contributed by atoms with E-state index in [2.05, 4.69) is 35.9 Å². The number of aromatic nitrogens is 1. The monoisotopic (exact) mass is 426 g/mol. The summed E-state index contributed by atoms with van der Waals surface area (Å²) < 4.78 is 0. The Bertz CT molecular complexity index is 611. The topological polar surface area (TPSA) is 68.2 Å². The molecule has 2 rings (SSSR count). The van der Waals surface area contributed by atoms with Gasteiger partial charge in [-0.25, -0.2) is 0 Å². The van der Waals surface area contributed by atoms with Gasteiger partial charge < -0.3 is 16.4 Å². The summed E-state index contributed by atoms with van der Waals surface area (Å²) in [6, 6.07) is 11.9. The van der Waals surface area contributed by atoms with Gasteiger partial charge in [0.25, 0.3) is 0 Å². The molecule has 1 aromatic heterocycles. The first-order valence-corrected chi connectivity index (χ1v) is 12.4. The van der Waals surface area contributed by atoms with Crippen LogP contribution in [0.25, 0.3) is 0 Å². The minimum absolute atomic E-state index is 0.759. The van der Waals surface area contributed by atoms with E-state index in [0.29, 0.717) is 0 Å². The lowest BCUT2D eigenvalue weighted by Crippen LogP contribution is -2.25. The molecule has 1 heterocycles. The van der Waals surface area contributed by atoms with Gasteiger partial charge in [0, 0.05) is 42.5 Å². The average molecular weight is 427 g/mol. The van der Waals surface area contributed by atoms with Crippen LogP contribution >= 0.6 is 0 Å². The highest BCUT2D eigenvalue weighted by Crippen LogP contribution is 2.19. The van der Waals surface area contributed by atoms with Crippen molar-refractivity contribution in [2.45, 2.75) is 90.9 Å². The van der Waals surface area contributed by atoms with E-state index in [4.69, 9.17) is 11.5 Å². The van der Waals surface area contributed by atoms with Crippen molar-refractivity contribution in [3.8, 4) is 0 Å². The molecule has 0 atom stereocenters. The van der Waals surface area contributed by atoms with Crippen molar-refractivity contribution in [2.24, 2.45) is 0 Å². The molecule has 2 aromatic rings. The van der Waals surface area contributed by atoms with Crippen molar-refractivity contribution in [2.75, 3.05) is 29.5 Å². The van der Waals surface area contributed by atoms with E-state index in [-0.39, 0.29) is 0 Å². The molecule has 0 aliphatic heterocycles. The molecular weight excluding hydrogens is 380 g/mol. The number of hydrogen-bond donors (Lipinski definition) is 2. The fourth-order valence-corrected chi connectivity index (χ4v) is 3.58. The van der Waals surface area contributed by atoms with Crippen LogP contribution in [0.2, 0.25) is 0 Å². The van der Waals surface area contributed by atoms with Crippen molar-refractivity contribution in [1.82, 2.24) is 4.98 Å². The first-order chi connectivity index (χ1) is 15.2. The number of nitrogen functional groups attached to an aromatic ring is 2. The van der Waals surface area contributed by atoms with E-state index >= 15 is 0 Å². The molecule has 4 heteroatoms. The fourth-order valence-electron chi connectivity index (χ4n) is 3.58. The first kappa shape index (κ1) is 26.8. The zero-order valence-corrected chi connectivity index (χ0v) is 20.1. The van der Waals surface area contributed by atoms with Crippen LogP contribution in [0.1, 0.15) is 90.9 Å². The van der Waals surface area contributed by atoms with Crippen LogP contribution < -0.4 is 16.4 Å². The standard InChI is InChI=1S/C22H40N2.C5H6N2/c1-3-5-7-9-11-13-19-24(20-14-12-10-8-6-4-2)22-17-15-21(23)16-18-22;6-5-1-3-7-4-2-5/h15-18H,3-14,19-20,23H2,1-2H3;1-4H,(H2,6,7). The largest absolute Gasteiger partial charge is 0.399 e. The predicted octanol–water partition coefficient (Wildman–Crippen LogP) is 7.46. The highest BCUT2D eigenvalue weighted by Gasteiger charge is 2.06. The number of hydrogen-bond acceptors (Lipinski definition) is 4. The molecule has 0 unspecified atom stereocenters. The lowest BCUT2D eigenvalue weighted by Gasteiger charge is -2.25. The zero-order chi connectivity index (χ0) is 22.6. The quantitative estimate of drug-likeness (QED) is 0.229. The number of unbranched alkanes of at least 4 members (excludes halogenated alkanes) is 10. The number of nitrogens with two attached hydrogens (primary N) is 2. The van der Waals surface area contributed by atoms with Crippen LogP contribution in [0.5, 0.6) is 0 Å². The van der Waals surface area contributed by atoms with E-state index in [9.17, 15) is 0 Å². The molecule has 0 radical (unpaired) electrons. The van der Waals surface area contributed by atoms with Gasteiger partial charge >= 0.3 is 0 Å². The third kappa shape index (κ3) is 14.4. The maximum atomic E-state index is 5.84. The van der Waals surface area contributed by atoms with Crippen LogP contribution in [-0.4, -0.2) is 18.1 Å². The summed E-state index contributed by atoms with van der Waals surface area (Å²) in [4.78, 5) is 6.33. The molecule has 4 nitrogen and oxygen atoms in total. The van der Waals surface area contributed by atoms with Gasteiger partial charge in [0.1, 0.15) is 0 Å². The van der Waals surface area contributed by atoms with E-state index in [1.807, 2.05) is 12.1 Å². The molecule has 0 aliphatic rings. The van der Waals surface area contributed by atoms with Gasteiger partial charge in [-0.1, -0.05) is 78.1 Å². The van der Waals surface area contributed by atoms with Crippen LogP contribution in [0.3, 0.4) is 0 Å². The third-order valence-corrected chi connectivity index (χ3v) is 5.53. The fraction of sp³-hybridized carbons (Fsp3) is 0.593. The second-order valence-corrected chi connectivity index (χ2v) is 8.39. The Morgan fingerprint density at radius 3 is 1.42 bits per heavy atom. The van der Waals surface area contributed by atoms with Crippen molar-refractivity contribution >= 4 is 17.1 Å². The number of rotatable bonds is 15. The van der Waals surface area contributed by atoms with Gasteiger partial charge in [0.05, 0.1) is 0 Å². The second-order valence-electron chi connectivity index (χ2n) is 8.39. The Labute approximate surface area is 191 Å². The highest BCUT2D eigenvalue weighted by atomic mass is 15.1. The lowest BCUT2D eigenvalue weighted by atomic mass is 10.1. The second kappa shape index (κ2) is 18.5. The van der Waals surface area contributed by atoms with Gasteiger partial charge in [-0.3, -0.25) is 4.98 Å². The number of anilines is 3. The van der Waals surface area contributed by atoms with Crippen molar-refractivity contribution < 1.29 is 0 Å². The summed E-state index contributed by atoms with van der Waals surface area (Å²) in [5.74, 6) is 0. The van der Waals surface area contributed by atoms with E-state index in [1.165, 1.54) is 95.8 Å². The van der Waals surface area contributed by atoms with Crippen LogP contribution in [0.15, 0.2) is 48.8 Å². The molecule has 0 aliphatic carbocycles. The molecule has 0 amide bonds. The van der Waals surface area contributed by atoms with Gasteiger partial charge in [0.2, 0.25) is 0 Å². The summed E-state index contributed by atoms with van der Waals surface area (Å²) in [7, 11) is 0. The first-order valence-electron chi connectivity index (χ1n) is 12.4. The Morgan fingerprint density at radius 2 is 1.00 bits per heavy atom. The zero-order valence-electron chi connectivity index (χ0n) is 20.1. The van der Waals surface area contributed by atoms with Crippen molar-refractivity contribution in [3.05, 3.63) is 48.8 Å². The number of pyridine rings is 1. The molecular formula is C27H46N4. The molecule has 1 aromatic carbocycles. The minimum Gasteiger partial charge on any atom is -0.399 e. The summed E-state index contributed by atoms with van der Waals surface area (Å²) in [5.41, 5.74) is 14.1. The Hall–Kier alpha value is -2.23. The molecule has 0 saturated heterocycles.